The van der Waals surface area contributed by atoms with Crippen molar-refractivity contribution in [2.45, 2.75) is 37.8 Å². The van der Waals surface area contributed by atoms with Crippen LogP contribution in [0.2, 0.25) is 0 Å². The summed E-state index contributed by atoms with van der Waals surface area (Å²) in [6.45, 7) is 8.18. The number of carbonyl (C=O) groups is 1. The standard InChI is InChI=1S/C15H27N3O2/c1-2-7-18-8-3-13(4-9-18)17-15(19)14(16)12-5-10-20-11-6-12/h2,12-14H,1,3-11,16H2,(H,17,19). The van der Waals surface area contributed by atoms with Gasteiger partial charge in [0.2, 0.25) is 5.91 Å². The predicted octanol–water partition coefficient (Wildman–Crippen LogP) is 0.507. The van der Waals surface area contributed by atoms with Gasteiger partial charge in [0.1, 0.15) is 0 Å². The van der Waals surface area contributed by atoms with Gasteiger partial charge in [0, 0.05) is 38.9 Å². The molecule has 5 nitrogen and oxygen atoms in total. The third-order valence-electron chi connectivity index (χ3n) is 4.40. The Morgan fingerprint density at radius 1 is 1.35 bits per heavy atom. The van der Waals surface area contributed by atoms with Gasteiger partial charge in [-0.3, -0.25) is 9.69 Å². The number of rotatable bonds is 5. The van der Waals surface area contributed by atoms with Crippen molar-refractivity contribution in [3.05, 3.63) is 12.7 Å². The number of nitrogens with zero attached hydrogens (tertiary/aromatic N) is 1. The lowest BCUT2D eigenvalue weighted by molar-refractivity contribution is -0.125. The first kappa shape index (κ1) is 15.5. The topological polar surface area (TPSA) is 67.6 Å². The van der Waals surface area contributed by atoms with Crippen molar-refractivity contribution in [2.24, 2.45) is 11.7 Å². The van der Waals surface area contributed by atoms with E-state index < -0.39 is 0 Å². The lowest BCUT2D eigenvalue weighted by Crippen LogP contribution is -2.52. The molecule has 114 valence electrons. The minimum atomic E-state index is -0.384. The van der Waals surface area contributed by atoms with E-state index in [4.69, 9.17) is 10.5 Å². The first-order valence-corrected chi connectivity index (χ1v) is 7.67. The minimum Gasteiger partial charge on any atom is -0.381 e. The molecule has 0 aliphatic carbocycles. The van der Waals surface area contributed by atoms with Crippen molar-refractivity contribution >= 4 is 5.91 Å². The Balaban J connectivity index is 1.72. The van der Waals surface area contributed by atoms with E-state index in [1.807, 2.05) is 6.08 Å². The monoisotopic (exact) mass is 281 g/mol. The molecule has 3 N–H and O–H groups in total. The summed E-state index contributed by atoms with van der Waals surface area (Å²) < 4.78 is 5.31. The number of hydrogen-bond acceptors (Lipinski definition) is 4. The van der Waals surface area contributed by atoms with Gasteiger partial charge in [-0.15, -0.1) is 6.58 Å². The maximum Gasteiger partial charge on any atom is 0.237 e. The number of piperidine rings is 1. The van der Waals surface area contributed by atoms with E-state index in [1.54, 1.807) is 0 Å². The molecule has 2 aliphatic rings. The number of nitrogens with two attached hydrogens (primary N) is 1. The molecule has 20 heavy (non-hydrogen) atoms. The molecule has 1 unspecified atom stereocenters. The molecule has 0 aromatic heterocycles. The lowest BCUT2D eigenvalue weighted by Gasteiger charge is -2.33. The average Bonchev–Trinajstić information content (AvgIpc) is 2.49. The summed E-state index contributed by atoms with van der Waals surface area (Å²) in [6, 6.07) is -0.112. The molecule has 0 aromatic carbocycles. The molecule has 2 heterocycles. The van der Waals surface area contributed by atoms with Crippen molar-refractivity contribution < 1.29 is 9.53 Å². The summed E-state index contributed by atoms with van der Waals surface area (Å²) >= 11 is 0. The number of carbonyl (C=O) groups excluding carboxylic acids is 1. The quantitative estimate of drug-likeness (QED) is 0.721. The van der Waals surface area contributed by atoms with Crippen LogP contribution in [-0.2, 0) is 9.53 Å². The lowest BCUT2D eigenvalue weighted by atomic mass is 9.91. The van der Waals surface area contributed by atoms with Crippen LogP contribution in [0.4, 0.5) is 0 Å². The highest BCUT2D eigenvalue weighted by atomic mass is 16.5. The van der Waals surface area contributed by atoms with Crippen LogP contribution in [0.1, 0.15) is 25.7 Å². The Morgan fingerprint density at radius 3 is 2.60 bits per heavy atom. The Hall–Kier alpha value is -0.910. The molecule has 2 saturated heterocycles. The second-order valence-corrected chi connectivity index (χ2v) is 5.85. The van der Waals surface area contributed by atoms with E-state index in [-0.39, 0.29) is 23.9 Å². The van der Waals surface area contributed by atoms with Crippen LogP contribution < -0.4 is 11.1 Å². The van der Waals surface area contributed by atoms with Crippen LogP contribution in [0, 0.1) is 5.92 Å². The maximum atomic E-state index is 12.2. The van der Waals surface area contributed by atoms with Gasteiger partial charge in [-0.05, 0) is 31.6 Å². The molecule has 0 aromatic rings. The number of nitrogens with one attached hydrogen (secondary N) is 1. The van der Waals surface area contributed by atoms with Crippen LogP contribution >= 0.6 is 0 Å². The summed E-state index contributed by atoms with van der Waals surface area (Å²) in [7, 11) is 0. The first-order chi connectivity index (χ1) is 9.70. The summed E-state index contributed by atoms with van der Waals surface area (Å²) in [5.41, 5.74) is 6.09. The largest absolute Gasteiger partial charge is 0.381 e. The third-order valence-corrected chi connectivity index (χ3v) is 4.40. The summed E-state index contributed by atoms with van der Waals surface area (Å²) in [6.07, 6.45) is 5.72. The van der Waals surface area contributed by atoms with Crippen molar-refractivity contribution in [1.82, 2.24) is 10.2 Å². The Kier molecular flexibility index (Phi) is 6.01. The number of ether oxygens (including phenoxy) is 1. The van der Waals surface area contributed by atoms with Crippen molar-refractivity contribution in [2.75, 3.05) is 32.8 Å². The van der Waals surface area contributed by atoms with E-state index in [0.29, 0.717) is 0 Å². The maximum absolute atomic E-state index is 12.2. The zero-order valence-electron chi connectivity index (χ0n) is 12.2. The Labute approximate surface area is 121 Å². The van der Waals surface area contributed by atoms with Crippen LogP contribution in [0.5, 0.6) is 0 Å². The molecule has 0 bridgehead atoms. The van der Waals surface area contributed by atoms with Gasteiger partial charge >= 0.3 is 0 Å². The highest BCUT2D eigenvalue weighted by molar-refractivity contribution is 5.82. The molecule has 5 heteroatoms. The van der Waals surface area contributed by atoms with E-state index in [2.05, 4.69) is 16.8 Å². The van der Waals surface area contributed by atoms with Gasteiger partial charge in [-0.2, -0.15) is 0 Å². The first-order valence-electron chi connectivity index (χ1n) is 7.67. The number of hydrogen-bond donors (Lipinski definition) is 2. The second-order valence-electron chi connectivity index (χ2n) is 5.85. The van der Waals surface area contributed by atoms with Gasteiger partial charge in [0.15, 0.2) is 0 Å². The van der Waals surface area contributed by atoms with Crippen LogP contribution in [-0.4, -0.2) is 55.7 Å². The van der Waals surface area contributed by atoms with Gasteiger partial charge in [-0.1, -0.05) is 6.08 Å². The molecule has 2 fully saturated rings. The summed E-state index contributed by atoms with van der Waals surface area (Å²) in [5.74, 6) is 0.281. The average molecular weight is 281 g/mol. The van der Waals surface area contributed by atoms with Crippen LogP contribution in [0.3, 0.4) is 0 Å². The second kappa shape index (κ2) is 7.76. The van der Waals surface area contributed by atoms with Crippen molar-refractivity contribution in [3.63, 3.8) is 0 Å². The fourth-order valence-corrected chi connectivity index (χ4v) is 3.03. The fraction of sp³-hybridized carbons (Fsp3) is 0.800. The molecular formula is C15H27N3O2. The van der Waals surface area contributed by atoms with Gasteiger partial charge in [-0.25, -0.2) is 0 Å². The van der Waals surface area contributed by atoms with Crippen LogP contribution in [0.25, 0.3) is 0 Å². The van der Waals surface area contributed by atoms with Crippen molar-refractivity contribution in [1.29, 1.82) is 0 Å². The van der Waals surface area contributed by atoms with E-state index in [0.717, 1.165) is 58.5 Å². The zero-order chi connectivity index (χ0) is 14.4. The highest BCUT2D eigenvalue weighted by Crippen LogP contribution is 2.18. The molecule has 1 atom stereocenters. The third kappa shape index (κ3) is 4.30. The van der Waals surface area contributed by atoms with E-state index in [9.17, 15) is 4.79 Å². The molecule has 1 amide bonds. The predicted molar refractivity (Wildman–Crippen MR) is 79.3 cm³/mol. The summed E-state index contributed by atoms with van der Waals surface area (Å²) in [4.78, 5) is 14.6. The smallest absolute Gasteiger partial charge is 0.237 e. The number of amides is 1. The van der Waals surface area contributed by atoms with E-state index >= 15 is 0 Å². The molecular weight excluding hydrogens is 254 g/mol. The molecule has 0 saturated carbocycles. The van der Waals surface area contributed by atoms with Crippen molar-refractivity contribution in [3.8, 4) is 0 Å². The molecule has 0 spiro atoms. The molecule has 2 rings (SSSR count). The SMILES string of the molecule is C=CCN1CCC(NC(=O)C(N)C2CCOCC2)CC1. The van der Waals surface area contributed by atoms with Crippen LogP contribution in [0.15, 0.2) is 12.7 Å². The highest BCUT2D eigenvalue weighted by Gasteiger charge is 2.28. The normalized spacial score (nSPS) is 24.2. The fourth-order valence-electron chi connectivity index (χ4n) is 3.03. The van der Waals surface area contributed by atoms with Gasteiger partial charge in [0.05, 0.1) is 6.04 Å². The zero-order valence-corrected chi connectivity index (χ0v) is 12.2. The molecule has 2 aliphatic heterocycles. The molecule has 0 radical (unpaired) electrons. The van der Waals surface area contributed by atoms with E-state index in [1.165, 1.54) is 0 Å². The Bertz CT molecular complexity index is 321. The summed E-state index contributed by atoms with van der Waals surface area (Å²) in [5, 5.41) is 3.12. The minimum absolute atomic E-state index is 0.0130. The van der Waals surface area contributed by atoms with Gasteiger partial charge < -0.3 is 15.8 Å². The Morgan fingerprint density at radius 2 is 2.00 bits per heavy atom. The number of likely N-dealkylation sites (tertiary alicyclic amines) is 1. The van der Waals surface area contributed by atoms with Gasteiger partial charge in [0.25, 0.3) is 0 Å².